The number of β-amino-alcohol motifs (C(OH)–C–C–N with tert-alkyl or cyclic N) is 1. The van der Waals surface area contributed by atoms with E-state index in [1.807, 2.05) is 31.2 Å². The number of aryl methyl sites for hydroxylation is 1. The first-order valence-corrected chi connectivity index (χ1v) is 6.87. The molecule has 1 saturated heterocycles. The van der Waals surface area contributed by atoms with E-state index in [0.717, 1.165) is 5.56 Å². The standard InChI is InChI=1S/C15H19NO5/c1-10-2-4-12(5-3-10)21-7-6-14(18)16-9-11(17)8-13(16)15(19)20/h2-5,11,13,17H,6-9H2,1H3,(H,19,20)/t11-,13-/m1/s1. The van der Waals surface area contributed by atoms with Crippen LogP contribution in [0.2, 0.25) is 0 Å². The second kappa shape index (κ2) is 6.58. The summed E-state index contributed by atoms with van der Waals surface area (Å²) < 4.78 is 5.46. The highest BCUT2D eigenvalue weighted by Gasteiger charge is 2.38. The number of rotatable bonds is 5. The fourth-order valence-corrected chi connectivity index (χ4v) is 2.36. The number of aliphatic hydroxyl groups is 1. The normalized spacial score (nSPS) is 21.3. The summed E-state index contributed by atoms with van der Waals surface area (Å²) in [5.74, 6) is -0.727. The minimum Gasteiger partial charge on any atom is -0.493 e. The predicted molar refractivity (Wildman–Crippen MR) is 75.1 cm³/mol. The lowest BCUT2D eigenvalue weighted by Gasteiger charge is -2.21. The van der Waals surface area contributed by atoms with Crippen molar-refractivity contribution in [3.63, 3.8) is 0 Å². The minimum atomic E-state index is -1.08. The Labute approximate surface area is 122 Å². The van der Waals surface area contributed by atoms with Gasteiger partial charge >= 0.3 is 5.97 Å². The summed E-state index contributed by atoms with van der Waals surface area (Å²) in [7, 11) is 0. The van der Waals surface area contributed by atoms with Crippen molar-refractivity contribution in [3.05, 3.63) is 29.8 Å². The van der Waals surface area contributed by atoms with Crippen LogP contribution in [0, 0.1) is 6.92 Å². The maximum Gasteiger partial charge on any atom is 0.326 e. The first-order valence-electron chi connectivity index (χ1n) is 6.87. The third kappa shape index (κ3) is 3.95. The monoisotopic (exact) mass is 293 g/mol. The van der Waals surface area contributed by atoms with Crippen molar-refractivity contribution in [1.82, 2.24) is 4.90 Å². The summed E-state index contributed by atoms with van der Waals surface area (Å²) in [5.41, 5.74) is 1.12. The molecule has 1 aliphatic rings. The van der Waals surface area contributed by atoms with Crippen molar-refractivity contribution in [1.29, 1.82) is 0 Å². The molecule has 0 saturated carbocycles. The predicted octanol–water partition coefficient (Wildman–Crippen LogP) is 0.810. The SMILES string of the molecule is Cc1ccc(OCCC(=O)N2C[C@H](O)C[C@@H]2C(=O)O)cc1. The Morgan fingerprint density at radius 1 is 1.33 bits per heavy atom. The number of carboxylic acid groups (broad SMARTS) is 1. The Morgan fingerprint density at radius 3 is 2.62 bits per heavy atom. The second-order valence-corrected chi connectivity index (χ2v) is 5.20. The molecule has 1 aromatic rings. The molecule has 1 aromatic carbocycles. The van der Waals surface area contributed by atoms with E-state index in [9.17, 15) is 14.7 Å². The van der Waals surface area contributed by atoms with Gasteiger partial charge in [0.05, 0.1) is 19.1 Å². The number of carbonyl (C=O) groups excluding carboxylic acids is 1. The quantitative estimate of drug-likeness (QED) is 0.839. The van der Waals surface area contributed by atoms with Gasteiger partial charge in [-0.2, -0.15) is 0 Å². The summed E-state index contributed by atoms with van der Waals surface area (Å²) in [6.07, 6.45) is -0.599. The third-order valence-corrected chi connectivity index (χ3v) is 3.49. The maximum absolute atomic E-state index is 12.0. The van der Waals surface area contributed by atoms with Gasteiger partial charge in [-0.05, 0) is 19.1 Å². The van der Waals surface area contributed by atoms with Crippen LogP contribution in [0.4, 0.5) is 0 Å². The summed E-state index contributed by atoms with van der Waals surface area (Å²) in [4.78, 5) is 24.3. The molecule has 0 bridgehead atoms. The van der Waals surface area contributed by atoms with E-state index in [2.05, 4.69) is 0 Å². The molecule has 2 N–H and O–H groups in total. The fourth-order valence-electron chi connectivity index (χ4n) is 2.36. The number of nitrogens with zero attached hydrogens (tertiary/aromatic N) is 1. The molecule has 2 atom stereocenters. The van der Waals surface area contributed by atoms with E-state index in [1.54, 1.807) is 0 Å². The number of benzene rings is 1. The lowest BCUT2D eigenvalue weighted by atomic mass is 10.2. The van der Waals surface area contributed by atoms with Crippen LogP contribution < -0.4 is 4.74 Å². The minimum absolute atomic E-state index is 0.0698. The first kappa shape index (κ1) is 15.3. The van der Waals surface area contributed by atoms with Crippen molar-refractivity contribution < 1.29 is 24.5 Å². The molecule has 0 spiro atoms. The van der Waals surface area contributed by atoms with Gasteiger partial charge in [0.15, 0.2) is 0 Å². The number of likely N-dealkylation sites (tertiary alicyclic amines) is 1. The smallest absolute Gasteiger partial charge is 0.326 e. The van der Waals surface area contributed by atoms with Crippen LogP contribution >= 0.6 is 0 Å². The molecule has 2 rings (SSSR count). The molecule has 6 nitrogen and oxygen atoms in total. The van der Waals surface area contributed by atoms with Crippen molar-refractivity contribution in [2.75, 3.05) is 13.2 Å². The molecule has 114 valence electrons. The summed E-state index contributed by atoms with van der Waals surface area (Å²) in [6, 6.07) is 6.52. The van der Waals surface area contributed by atoms with Gasteiger partial charge in [-0.3, -0.25) is 4.79 Å². The molecular weight excluding hydrogens is 274 g/mol. The zero-order chi connectivity index (χ0) is 15.4. The Hall–Kier alpha value is -2.08. The van der Waals surface area contributed by atoms with Gasteiger partial charge in [-0.15, -0.1) is 0 Å². The Kier molecular flexibility index (Phi) is 4.80. The number of aliphatic carboxylic acids is 1. The largest absolute Gasteiger partial charge is 0.493 e. The molecule has 0 aliphatic carbocycles. The van der Waals surface area contributed by atoms with Gasteiger partial charge in [0.25, 0.3) is 0 Å². The van der Waals surface area contributed by atoms with E-state index in [0.29, 0.717) is 5.75 Å². The lowest BCUT2D eigenvalue weighted by Crippen LogP contribution is -2.41. The molecule has 0 radical (unpaired) electrons. The van der Waals surface area contributed by atoms with Crippen molar-refractivity contribution in [3.8, 4) is 5.75 Å². The maximum atomic E-state index is 12.0. The van der Waals surface area contributed by atoms with E-state index in [-0.39, 0.29) is 31.9 Å². The van der Waals surface area contributed by atoms with Crippen molar-refractivity contribution in [2.45, 2.75) is 31.9 Å². The third-order valence-electron chi connectivity index (χ3n) is 3.49. The fraction of sp³-hybridized carbons (Fsp3) is 0.467. The second-order valence-electron chi connectivity index (χ2n) is 5.20. The van der Waals surface area contributed by atoms with Gasteiger partial charge in [-0.1, -0.05) is 17.7 Å². The molecular formula is C15H19NO5. The topological polar surface area (TPSA) is 87.1 Å². The number of hydrogen-bond acceptors (Lipinski definition) is 4. The van der Waals surface area contributed by atoms with Crippen LogP contribution in [-0.4, -0.2) is 52.3 Å². The Balaban J connectivity index is 1.84. The van der Waals surface area contributed by atoms with E-state index < -0.39 is 18.1 Å². The Morgan fingerprint density at radius 2 is 2.00 bits per heavy atom. The van der Waals surface area contributed by atoms with Gasteiger partial charge < -0.3 is 19.8 Å². The lowest BCUT2D eigenvalue weighted by molar-refractivity contribution is -0.148. The number of hydrogen-bond donors (Lipinski definition) is 2. The number of aliphatic hydroxyl groups excluding tert-OH is 1. The summed E-state index contributed by atoms with van der Waals surface area (Å²) in [5, 5.41) is 18.6. The first-order chi connectivity index (χ1) is 9.97. The van der Waals surface area contributed by atoms with Crippen molar-refractivity contribution >= 4 is 11.9 Å². The molecule has 1 aliphatic heterocycles. The van der Waals surface area contributed by atoms with Gasteiger partial charge in [0.2, 0.25) is 5.91 Å². The van der Waals surface area contributed by atoms with Gasteiger partial charge in [0.1, 0.15) is 11.8 Å². The molecule has 0 unspecified atom stereocenters. The van der Waals surface area contributed by atoms with Crippen LogP contribution in [0.1, 0.15) is 18.4 Å². The van der Waals surface area contributed by atoms with Crippen LogP contribution in [0.25, 0.3) is 0 Å². The van der Waals surface area contributed by atoms with E-state index in [1.165, 1.54) is 4.90 Å². The highest BCUT2D eigenvalue weighted by Crippen LogP contribution is 2.19. The molecule has 1 heterocycles. The number of carboxylic acids is 1. The van der Waals surface area contributed by atoms with Crippen molar-refractivity contribution in [2.24, 2.45) is 0 Å². The molecule has 6 heteroatoms. The zero-order valence-electron chi connectivity index (χ0n) is 11.9. The van der Waals surface area contributed by atoms with Gasteiger partial charge in [0, 0.05) is 13.0 Å². The van der Waals surface area contributed by atoms with Gasteiger partial charge in [-0.25, -0.2) is 4.79 Å². The highest BCUT2D eigenvalue weighted by atomic mass is 16.5. The van der Waals surface area contributed by atoms with Crippen LogP contribution in [-0.2, 0) is 9.59 Å². The van der Waals surface area contributed by atoms with Crippen LogP contribution in [0.15, 0.2) is 24.3 Å². The van der Waals surface area contributed by atoms with Crippen LogP contribution in [0.5, 0.6) is 5.75 Å². The molecule has 1 amide bonds. The molecule has 1 fully saturated rings. The number of amides is 1. The highest BCUT2D eigenvalue weighted by molar-refractivity contribution is 5.84. The zero-order valence-corrected chi connectivity index (χ0v) is 11.9. The number of carbonyl (C=O) groups is 2. The molecule has 0 aromatic heterocycles. The average Bonchev–Trinajstić information content (AvgIpc) is 2.83. The Bertz CT molecular complexity index is 513. The average molecular weight is 293 g/mol. The van der Waals surface area contributed by atoms with E-state index >= 15 is 0 Å². The summed E-state index contributed by atoms with van der Waals surface area (Å²) in [6.45, 7) is 2.22. The van der Waals surface area contributed by atoms with E-state index in [4.69, 9.17) is 9.84 Å². The summed E-state index contributed by atoms with van der Waals surface area (Å²) >= 11 is 0. The molecule has 21 heavy (non-hydrogen) atoms. The number of ether oxygens (including phenoxy) is 1. The van der Waals surface area contributed by atoms with Crippen LogP contribution in [0.3, 0.4) is 0 Å².